The molecule has 110 valence electrons. The molecule has 0 spiro atoms. The first-order valence-electron chi connectivity index (χ1n) is 7.08. The predicted molar refractivity (Wildman–Crippen MR) is 84.6 cm³/mol. The Morgan fingerprint density at radius 2 is 1.70 bits per heavy atom. The van der Waals surface area contributed by atoms with Gasteiger partial charge in [0.05, 0.1) is 21.8 Å². The van der Waals surface area contributed by atoms with Crippen molar-refractivity contribution in [3.63, 3.8) is 0 Å². The number of para-hydroxylation sites is 1. The fourth-order valence-electron chi connectivity index (χ4n) is 2.49. The maximum absolute atomic E-state index is 12.4. The molecule has 20 heavy (non-hydrogen) atoms. The van der Waals surface area contributed by atoms with Crippen molar-refractivity contribution in [2.75, 3.05) is 18.4 Å². The van der Waals surface area contributed by atoms with E-state index in [0.29, 0.717) is 15.7 Å². The molecule has 0 aliphatic carbocycles. The topological polar surface area (TPSA) is 32.3 Å². The van der Waals surface area contributed by atoms with E-state index in [1.165, 1.54) is 12.8 Å². The van der Waals surface area contributed by atoms with Gasteiger partial charge in [-0.25, -0.2) is 0 Å². The molecule has 1 aliphatic heterocycles. The molecule has 0 bridgehead atoms. The lowest BCUT2D eigenvalue weighted by molar-refractivity contribution is -0.120. The van der Waals surface area contributed by atoms with Gasteiger partial charge in [-0.05, 0) is 45.0 Å². The summed E-state index contributed by atoms with van der Waals surface area (Å²) in [7, 11) is 0. The van der Waals surface area contributed by atoms with E-state index >= 15 is 0 Å². The van der Waals surface area contributed by atoms with Gasteiger partial charge in [0.25, 0.3) is 0 Å². The number of rotatable bonds is 3. The highest BCUT2D eigenvalue weighted by atomic mass is 35.5. The van der Waals surface area contributed by atoms with Crippen molar-refractivity contribution in [2.45, 2.75) is 38.6 Å². The van der Waals surface area contributed by atoms with Gasteiger partial charge in [0, 0.05) is 0 Å². The lowest BCUT2D eigenvalue weighted by Gasteiger charge is -2.26. The van der Waals surface area contributed by atoms with E-state index < -0.39 is 0 Å². The van der Waals surface area contributed by atoms with Gasteiger partial charge < -0.3 is 5.32 Å². The van der Waals surface area contributed by atoms with E-state index in [4.69, 9.17) is 23.2 Å². The van der Waals surface area contributed by atoms with Crippen LogP contribution in [0.4, 0.5) is 5.69 Å². The van der Waals surface area contributed by atoms with Gasteiger partial charge in [0.1, 0.15) is 0 Å². The number of carbonyl (C=O) groups excluding carboxylic acids is 1. The first-order valence-corrected chi connectivity index (χ1v) is 7.84. The first kappa shape index (κ1) is 15.6. The Kier molecular flexibility index (Phi) is 5.70. The van der Waals surface area contributed by atoms with E-state index in [0.717, 1.165) is 25.9 Å². The maximum Gasteiger partial charge on any atom is 0.241 e. The fourth-order valence-corrected chi connectivity index (χ4v) is 2.99. The molecule has 0 aromatic heterocycles. The molecule has 1 amide bonds. The first-order chi connectivity index (χ1) is 9.59. The van der Waals surface area contributed by atoms with Crippen LogP contribution in [0.3, 0.4) is 0 Å². The molecule has 0 radical (unpaired) electrons. The Balaban J connectivity index is 2.03. The van der Waals surface area contributed by atoms with Gasteiger partial charge >= 0.3 is 0 Å². The zero-order valence-corrected chi connectivity index (χ0v) is 13.2. The van der Waals surface area contributed by atoms with Crippen LogP contribution in [0.5, 0.6) is 0 Å². The van der Waals surface area contributed by atoms with E-state index in [9.17, 15) is 4.79 Å². The average molecular weight is 315 g/mol. The molecule has 2 rings (SSSR count). The van der Waals surface area contributed by atoms with Crippen LogP contribution in [-0.4, -0.2) is 29.9 Å². The summed E-state index contributed by atoms with van der Waals surface area (Å²) >= 11 is 12.2. The molecule has 1 aliphatic rings. The third-order valence-electron chi connectivity index (χ3n) is 3.78. The van der Waals surface area contributed by atoms with E-state index in [1.54, 1.807) is 18.2 Å². The second-order valence-electron chi connectivity index (χ2n) is 5.21. The quantitative estimate of drug-likeness (QED) is 0.907. The fraction of sp³-hybridized carbons (Fsp3) is 0.533. The summed E-state index contributed by atoms with van der Waals surface area (Å²) < 4.78 is 0. The van der Waals surface area contributed by atoms with Crippen molar-refractivity contribution in [2.24, 2.45) is 0 Å². The van der Waals surface area contributed by atoms with E-state index in [2.05, 4.69) is 10.2 Å². The van der Waals surface area contributed by atoms with Crippen molar-refractivity contribution in [1.82, 2.24) is 4.90 Å². The molecular weight excluding hydrogens is 295 g/mol. The summed E-state index contributed by atoms with van der Waals surface area (Å²) in [6.45, 7) is 3.89. The third kappa shape index (κ3) is 3.87. The maximum atomic E-state index is 12.4. The summed E-state index contributed by atoms with van der Waals surface area (Å²) in [5.41, 5.74) is 0.502. The molecule has 1 heterocycles. The Morgan fingerprint density at radius 3 is 2.25 bits per heavy atom. The van der Waals surface area contributed by atoms with Gasteiger partial charge in [-0.1, -0.05) is 42.1 Å². The van der Waals surface area contributed by atoms with Crippen molar-refractivity contribution in [1.29, 1.82) is 0 Å². The smallest absolute Gasteiger partial charge is 0.241 e. The molecule has 5 heteroatoms. The minimum absolute atomic E-state index is 0.0538. The van der Waals surface area contributed by atoms with Crippen LogP contribution < -0.4 is 5.32 Å². The number of halogens is 2. The molecule has 1 aromatic carbocycles. The van der Waals surface area contributed by atoms with Gasteiger partial charge in [-0.3, -0.25) is 9.69 Å². The molecule has 1 saturated heterocycles. The SMILES string of the molecule is C[C@H](C(=O)Nc1c(Cl)cccc1Cl)N1CCCCCC1. The summed E-state index contributed by atoms with van der Waals surface area (Å²) in [5.74, 6) is -0.0538. The van der Waals surface area contributed by atoms with Crippen molar-refractivity contribution < 1.29 is 4.79 Å². The van der Waals surface area contributed by atoms with E-state index in [1.807, 2.05) is 6.92 Å². The standard InChI is InChI=1S/C15H20Cl2N2O/c1-11(19-9-4-2-3-5-10-19)15(20)18-14-12(16)7-6-8-13(14)17/h6-8,11H,2-5,9-10H2,1H3,(H,18,20)/t11-/m1/s1. The van der Waals surface area contributed by atoms with Crippen LogP contribution in [-0.2, 0) is 4.79 Å². The summed E-state index contributed by atoms with van der Waals surface area (Å²) in [6, 6.07) is 5.04. The minimum Gasteiger partial charge on any atom is -0.322 e. The zero-order valence-electron chi connectivity index (χ0n) is 11.7. The Morgan fingerprint density at radius 1 is 1.15 bits per heavy atom. The lowest BCUT2D eigenvalue weighted by Crippen LogP contribution is -2.42. The lowest BCUT2D eigenvalue weighted by atomic mass is 10.2. The van der Waals surface area contributed by atoms with Crippen molar-refractivity contribution in [3.05, 3.63) is 28.2 Å². The number of hydrogen-bond acceptors (Lipinski definition) is 2. The number of hydrogen-bond donors (Lipinski definition) is 1. The molecule has 3 nitrogen and oxygen atoms in total. The van der Waals surface area contributed by atoms with Gasteiger partial charge in [-0.2, -0.15) is 0 Å². The number of carbonyl (C=O) groups is 1. The highest BCUT2D eigenvalue weighted by Gasteiger charge is 2.23. The summed E-state index contributed by atoms with van der Waals surface area (Å²) in [6.07, 6.45) is 4.82. The number of nitrogens with one attached hydrogen (secondary N) is 1. The molecule has 0 saturated carbocycles. The summed E-state index contributed by atoms with van der Waals surface area (Å²) in [4.78, 5) is 14.6. The Labute approximate surface area is 130 Å². The molecule has 0 unspecified atom stereocenters. The second kappa shape index (κ2) is 7.30. The summed E-state index contributed by atoms with van der Waals surface area (Å²) in [5, 5.41) is 3.78. The third-order valence-corrected chi connectivity index (χ3v) is 4.41. The molecule has 1 fully saturated rings. The number of anilines is 1. The number of likely N-dealkylation sites (tertiary alicyclic amines) is 1. The molecular formula is C15H20Cl2N2O. The second-order valence-corrected chi connectivity index (χ2v) is 6.03. The molecule has 1 atom stereocenters. The number of nitrogens with zero attached hydrogens (tertiary/aromatic N) is 1. The normalized spacial score (nSPS) is 18.4. The van der Waals surface area contributed by atoms with Crippen LogP contribution in [0.2, 0.25) is 10.0 Å². The van der Waals surface area contributed by atoms with Crippen molar-refractivity contribution >= 4 is 34.8 Å². The average Bonchev–Trinajstić information content (AvgIpc) is 2.71. The van der Waals surface area contributed by atoms with E-state index in [-0.39, 0.29) is 11.9 Å². The Hall–Kier alpha value is -0.770. The van der Waals surface area contributed by atoms with Crippen molar-refractivity contribution in [3.8, 4) is 0 Å². The highest BCUT2D eigenvalue weighted by Crippen LogP contribution is 2.30. The van der Waals surface area contributed by atoms with Crippen LogP contribution in [0.15, 0.2) is 18.2 Å². The minimum atomic E-state index is -0.166. The zero-order chi connectivity index (χ0) is 14.5. The van der Waals surface area contributed by atoms with Gasteiger partial charge in [-0.15, -0.1) is 0 Å². The van der Waals surface area contributed by atoms with Crippen LogP contribution in [0, 0.1) is 0 Å². The van der Waals surface area contributed by atoms with Crippen LogP contribution in [0.25, 0.3) is 0 Å². The van der Waals surface area contributed by atoms with Crippen LogP contribution >= 0.6 is 23.2 Å². The number of benzene rings is 1. The Bertz CT molecular complexity index is 451. The van der Waals surface area contributed by atoms with Gasteiger partial charge in [0.15, 0.2) is 0 Å². The van der Waals surface area contributed by atoms with Crippen LogP contribution in [0.1, 0.15) is 32.6 Å². The largest absolute Gasteiger partial charge is 0.322 e. The molecule has 1 aromatic rings. The highest BCUT2D eigenvalue weighted by molar-refractivity contribution is 6.39. The predicted octanol–water partition coefficient (Wildman–Crippen LogP) is 4.20. The monoisotopic (exact) mass is 314 g/mol. The number of amides is 1. The molecule has 1 N–H and O–H groups in total. The van der Waals surface area contributed by atoms with Gasteiger partial charge in [0.2, 0.25) is 5.91 Å².